The minimum Gasteiger partial charge on any atom is -0.477 e. The van der Waals surface area contributed by atoms with Crippen LogP contribution in [0.15, 0.2) is 18.3 Å². The van der Waals surface area contributed by atoms with Crippen molar-refractivity contribution in [3.05, 3.63) is 33.9 Å². The Bertz CT molecular complexity index is 642. The molecule has 0 unspecified atom stereocenters. The van der Waals surface area contributed by atoms with Crippen LogP contribution in [0.1, 0.15) is 15.4 Å². The Balaban J connectivity index is 2.34. The topological polar surface area (TPSA) is 75.1 Å². The van der Waals surface area contributed by atoms with Crippen molar-refractivity contribution in [3.8, 4) is 0 Å². The summed E-state index contributed by atoms with van der Waals surface area (Å²) in [7, 11) is 0. The van der Waals surface area contributed by atoms with E-state index >= 15 is 0 Å². The molecular weight excluding hydrogens is 319 g/mol. The first-order chi connectivity index (χ1) is 9.27. The summed E-state index contributed by atoms with van der Waals surface area (Å²) in [5.41, 5.74) is -1.44. The van der Waals surface area contributed by atoms with Crippen LogP contribution in [0.3, 0.4) is 0 Å². The summed E-state index contributed by atoms with van der Waals surface area (Å²) < 4.78 is 37.9. The second-order valence-corrected chi connectivity index (χ2v) is 4.92. The molecule has 0 spiro atoms. The highest BCUT2D eigenvalue weighted by atomic mass is 35.5. The number of aromatic nitrogens is 2. The number of halogens is 4. The third-order valence-corrected chi connectivity index (χ3v) is 3.23. The van der Waals surface area contributed by atoms with Gasteiger partial charge in [-0.1, -0.05) is 22.9 Å². The fourth-order valence-electron chi connectivity index (χ4n) is 1.27. The van der Waals surface area contributed by atoms with Crippen molar-refractivity contribution < 1.29 is 23.1 Å². The van der Waals surface area contributed by atoms with Crippen molar-refractivity contribution in [1.82, 2.24) is 9.97 Å². The van der Waals surface area contributed by atoms with E-state index in [9.17, 15) is 18.0 Å². The van der Waals surface area contributed by atoms with Gasteiger partial charge in [0.15, 0.2) is 10.8 Å². The number of nitrogens with zero attached hydrogens (tertiary/aromatic N) is 2. The summed E-state index contributed by atoms with van der Waals surface area (Å²) in [5, 5.41) is 11.4. The number of carboxylic acid groups (broad SMARTS) is 1. The molecule has 0 atom stereocenters. The van der Waals surface area contributed by atoms with E-state index in [-0.39, 0.29) is 10.9 Å². The maximum atomic E-state index is 12.6. The highest BCUT2D eigenvalue weighted by Gasteiger charge is 2.39. The van der Waals surface area contributed by atoms with Crippen molar-refractivity contribution in [2.45, 2.75) is 6.18 Å². The molecule has 2 aromatic heterocycles. The molecule has 2 N–H and O–H groups in total. The molecule has 106 valence electrons. The Kier molecular flexibility index (Phi) is 3.82. The summed E-state index contributed by atoms with van der Waals surface area (Å²) in [6, 6.07) is 2.91. The Hall–Kier alpha value is -1.87. The number of anilines is 2. The summed E-state index contributed by atoms with van der Waals surface area (Å²) in [5.74, 6) is -1.49. The molecule has 0 bridgehead atoms. The second kappa shape index (κ2) is 5.25. The lowest BCUT2D eigenvalue weighted by molar-refractivity contribution is -0.141. The molecule has 2 heterocycles. The predicted molar refractivity (Wildman–Crippen MR) is 66.6 cm³/mol. The van der Waals surface area contributed by atoms with Crippen LogP contribution in [0.25, 0.3) is 0 Å². The summed E-state index contributed by atoms with van der Waals surface area (Å²) in [4.78, 5) is 17.0. The maximum Gasteiger partial charge on any atom is 0.435 e. The van der Waals surface area contributed by atoms with Crippen LogP contribution in [0.2, 0.25) is 5.02 Å². The average Bonchev–Trinajstić information content (AvgIpc) is 2.76. The van der Waals surface area contributed by atoms with E-state index in [4.69, 9.17) is 16.7 Å². The number of alkyl halides is 3. The Morgan fingerprint density at radius 1 is 1.40 bits per heavy atom. The molecule has 2 aromatic rings. The fourth-order valence-corrected chi connectivity index (χ4v) is 2.21. The van der Waals surface area contributed by atoms with Crippen LogP contribution in [0.4, 0.5) is 24.1 Å². The molecule has 2 rings (SSSR count). The molecule has 0 aliphatic rings. The first kappa shape index (κ1) is 14.5. The van der Waals surface area contributed by atoms with Gasteiger partial charge in [-0.3, -0.25) is 0 Å². The highest BCUT2D eigenvalue weighted by molar-refractivity contribution is 7.17. The van der Waals surface area contributed by atoms with E-state index in [1.807, 2.05) is 0 Å². The molecule has 0 amide bonds. The first-order valence-electron chi connectivity index (χ1n) is 4.97. The van der Waals surface area contributed by atoms with Crippen LogP contribution in [-0.2, 0) is 6.18 Å². The lowest BCUT2D eigenvalue weighted by Crippen LogP contribution is -2.11. The van der Waals surface area contributed by atoms with Crippen LogP contribution < -0.4 is 5.32 Å². The molecule has 0 radical (unpaired) electrons. The number of aromatic carboxylic acids is 1. The summed E-state index contributed by atoms with van der Waals surface area (Å²) >= 11 is 5.99. The van der Waals surface area contributed by atoms with E-state index in [0.717, 1.165) is 0 Å². The van der Waals surface area contributed by atoms with Crippen molar-refractivity contribution >= 4 is 39.9 Å². The first-order valence-corrected chi connectivity index (χ1v) is 6.16. The number of carbonyl (C=O) groups is 1. The Labute approximate surface area is 119 Å². The quantitative estimate of drug-likeness (QED) is 0.901. The average molecular weight is 324 g/mol. The normalized spacial score (nSPS) is 11.4. The summed E-state index contributed by atoms with van der Waals surface area (Å²) in [6.45, 7) is 0. The number of rotatable bonds is 3. The van der Waals surface area contributed by atoms with E-state index in [2.05, 4.69) is 15.3 Å². The van der Waals surface area contributed by atoms with Gasteiger partial charge in [-0.25, -0.2) is 14.8 Å². The lowest BCUT2D eigenvalue weighted by atomic mass is 10.3. The number of carboxylic acids is 1. The molecule has 5 nitrogen and oxygen atoms in total. The van der Waals surface area contributed by atoms with Crippen LogP contribution in [0.5, 0.6) is 0 Å². The van der Waals surface area contributed by atoms with Crippen molar-refractivity contribution in [1.29, 1.82) is 0 Å². The molecule has 0 aromatic carbocycles. The zero-order valence-electron chi connectivity index (χ0n) is 9.40. The van der Waals surface area contributed by atoms with Gasteiger partial charge in [-0.15, -0.1) is 0 Å². The number of thiazole rings is 1. The minimum absolute atomic E-state index is 0.203. The number of pyridine rings is 1. The van der Waals surface area contributed by atoms with E-state index < -0.39 is 22.7 Å². The van der Waals surface area contributed by atoms with E-state index in [1.54, 1.807) is 0 Å². The largest absolute Gasteiger partial charge is 0.477 e. The van der Waals surface area contributed by atoms with Gasteiger partial charge in [0.1, 0.15) is 10.7 Å². The van der Waals surface area contributed by atoms with Gasteiger partial charge in [-0.2, -0.15) is 13.2 Å². The third-order valence-electron chi connectivity index (χ3n) is 2.05. The Morgan fingerprint density at radius 3 is 2.55 bits per heavy atom. The fraction of sp³-hybridized carbons (Fsp3) is 0.100. The summed E-state index contributed by atoms with van der Waals surface area (Å²) in [6.07, 6.45) is -3.54. The monoisotopic (exact) mass is 323 g/mol. The number of nitrogens with one attached hydrogen (secondary N) is 1. The predicted octanol–water partition coefficient (Wildman–Crippen LogP) is 3.65. The van der Waals surface area contributed by atoms with Gasteiger partial charge < -0.3 is 10.4 Å². The highest BCUT2D eigenvalue weighted by Crippen LogP contribution is 2.36. The van der Waals surface area contributed by atoms with Crippen LogP contribution in [-0.4, -0.2) is 21.0 Å². The zero-order chi connectivity index (χ0) is 14.9. The number of hydrogen-bond acceptors (Lipinski definition) is 5. The van der Waals surface area contributed by atoms with Gasteiger partial charge in [0.05, 0.1) is 5.02 Å². The van der Waals surface area contributed by atoms with Gasteiger partial charge in [0, 0.05) is 6.20 Å². The SMILES string of the molecule is O=C(O)c1sc(Nc2ccc(Cl)cn2)nc1C(F)(F)F. The smallest absolute Gasteiger partial charge is 0.435 e. The third kappa shape index (κ3) is 3.17. The zero-order valence-corrected chi connectivity index (χ0v) is 11.0. The maximum absolute atomic E-state index is 12.6. The van der Waals surface area contributed by atoms with E-state index in [1.165, 1.54) is 18.3 Å². The molecular formula is C10H5ClF3N3O2S. The number of hydrogen-bond donors (Lipinski definition) is 2. The molecule has 0 fully saturated rings. The van der Waals surface area contributed by atoms with Crippen molar-refractivity contribution in [2.75, 3.05) is 5.32 Å². The standard InChI is InChI=1S/C10H5ClF3N3O2S/c11-4-1-2-5(15-3-4)16-9-17-7(10(12,13)14)6(20-9)8(18)19/h1-3H,(H,18,19)(H,15,16,17). The molecule has 20 heavy (non-hydrogen) atoms. The van der Waals surface area contributed by atoms with Gasteiger partial charge >= 0.3 is 12.1 Å². The van der Waals surface area contributed by atoms with Gasteiger partial charge in [0.2, 0.25) is 0 Å². The molecule has 0 aliphatic carbocycles. The molecule has 10 heteroatoms. The van der Waals surface area contributed by atoms with Gasteiger partial charge in [0.25, 0.3) is 0 Å². The second-order valence-electron chi connectivity index (χ2n) is 3.49. The molecule has 0 aliphatic heterocycles. The van der Waals surface area contributed by atoms with Crippen LogP contribution >= 0.6 is 22.9 Å². The Morgan fingerprint density at radius 2 is 2.10 bits per heavy atom. The van der Waals surface area contributed by atoms with Crippen LogP contribution in [0, 0.1) is 0 Å². The van der Waals surface area contributed by atoms with Gasteiger partial charge in [-0.05, 0) is 12.1 Å². The van der Waals surface area contributed by atoms with E-state index in [0.29, 0.717) is 16.4 Å². The van der Waals surface area contributed by atoms with Crippen molar-refractivity contribution in [3.63, 3.8) is 0 Å². The lowest BCUT2D eigenvalue weighted by Gasteiger charge is -2.03. The minimum atomic E-state index is -4.84. The molecule has 0 saturated heterocycles. The van der Waals surface area contributed by atoms with Crippen molar-refractivity contribution in [2.24, 2.45) is 0 Å². The molecule has 0 saturated carbocycles.